The molecule has 0 fully saturated rings. The van der Waals surface area contributed by atoms with Crippen LogP contribution in [-0.4, -0.2) is 16.3 Å². The average molecular weight is 304 g/mol. The number of hydrogen-bond acceptors (Lipinski definition) is 5. The first kappa shape index (κ1) is 14.7. The summed E-state index contributed by atoms with van der Waals surface area (Å²) in [6.07, 6.45) is 2.92. The van der Waals surface area contributed by atoms with Gasteiger partial charge < -0.3 is 9.73 Å². The fraction of sp³-hybridized carbons (Fsp3) is 0.0769. The molecule has 0 aliphatic rings. The van der Waals surface area contributed by atoms with Crippen LogP contribution in [0.15, 0.2) is 52.2 Å². The van der Waals surface area contributed by atoms with Crippen LogP contribution in [0.5, 0.6) is 0 Å². The van der Waals surface area contributed by atoms with Crippen molar-refractivity contribution in [2.24, 2.45) is 5.10 Å². The molecule has 0 spiro atoms. The highest BCUT2D eigenvalue weighted by molar-refractivity contribution is 7.80. The van der Waals surface area contributed by atoms with Crippen molar-refractivity contribution in [2.45, 2.75) is 6.54 Å². The van der Waals surface area contributed by atoms with Crippen molar-refractivity contribution in [1.82, 2.24) is 10.7 Å². The standard InChI is InChI=1S/C13H12N4O3S/c18-17(19)12-6-2-1-4-10(12)8-15-16-13(21)14-9-11-5-3-7-20-11/h1-8H,9H2,(H2,14,16,21). The first-order valence-electron chi connectivity index (χ1n) is 5.99. The van der Waals surface area contributed by atoms with Gasteiger partial charge in [-0.25, -0.2) is 0 Å². The molecule has 0 saturated heterocycles. The molecule has 0 aliphatic heterocycles. The van der Waals surface area contributed by atoms with E-state index in [0.29, 0.717) is 17.2 Å². The topological polar surface area (TPSA) is 92.7 Å². The van der Waals surface area contributed by atoms with E-state index in [2.05, 4.69) is 15.8 Å². The molecule has 108 valence electrons. The normalized spacial score (nSPS) is 10.5. The van der Waals surface area contributed by atoms with Gasteiger partial charge in [0, 0.05) is 6.07 Å². The van der Waals surface area contributed by atoms with Gasteiger partial charge in [0.15, 0.2) is 5.11 Å². The Labute approximate surface area is 125 Å². The molecule has 0 aliphatic carbocycles. The Morgan fingerprint density at radius 1 is 1.38 bits per heavy atom. The minimum atomic E-state index is -0.463. The number of nitrogens with zero attached hydrogens (tertiary/aromatic N) is 2. The summed E-state index contributed by atoms with van der Waals surface area (Å²) in [7, 11) is 0. The number of rotatable bonds is 5. The quantitative estimate of drug-likeness (QED) is 0.381. The van der Waals surface area contributed by atoms with Gasteiger partial charge in [0.25, 0.3) is 5.69 Å². The fourth-order valence-electron chi connectivity index (χ4n) is 1.54. The monoisotopic (exact) mass is 304 g/mol. The average Bonchev–Trinajstić information content (AvgIpc) is 2.99. The van der Waals surface area contributed by atoms with E-state index >= 15 is 0 Å². The minimum Gasteiger partial charge on any atom is -0.467 e. The molecule has 0 unspecified atom stereocenters. The van der Waals surface area contributed by atoms with Crippen LogP contribution in [0.1, 0.15) is 11.3 Å². The van der Waals surface area contributed by atoms with Crippen molar-refractivity contribution in [1.29, 1.82) is 0 Å². The van der Waals surface area contributed by atoms with Gasteiger partial charge in [-0.05, 0) is 30.4 Å². The highest BCUT2D eigenvalue weighted by Crippen LogP contribution is 2.14. The zero-order chi connectivity index (χ0) is 15.1. The Balaban J connectivity index is 1.87. The molecule has 1 aromatic carbocycles. The molecule has 1 aromatic heterocycles. The number of furan rings is 1. The number of nitro groups is 1. The summed E-state index contributed by atoms with van der Waals surface area (Å²) in [4.78, 5) is 10.4. The van der Waals surface area contributed by atoms with Gasteiger partial charge in [0.2, 0.25) is 0 Å². The van der Waals surface area contributed by atoms with E-state index in [1.807, 2.05) is 6.07 Å². The number of nitrogens with one attached hydrogen (secondary N) is 2. The number of hydrazone groups is 1. The van der Waals surface area contributed by atoms with Crippen molar-refractivity contribution in [3.63, 3.8) is 0 Å². The van der Waals surface area contributed by atoms with Crippen LogP contribution >= 0.6 is 12.2 Å². The molecular formula is C13H12N4O3S. The van der Waals surface area contributed by atoms with Crippen LogP contribution in [0, 0.1) is 10.1 Å². The second-order valence-electron chi connectivity index (χ2n) is 3.95. The predicted octanol–water partition coefficient (Wildman–Crippen LogP) is 2.19. The summed E-state index contributed by atoms with van der Waals surface area (Å²) in [5, 5.41) is 17.9. The third kappa shape index (κ3) is 4.39. The van der Waals surface area contributed by atoms with Crippen molar-refractivity contribution in [3.05, 3.63) is 64.1 Å². The van der Waals surface area contributed by atoms with Crippen molar-refractivity contribution in [3.8, 4) is 0 Å². The van der Waals surface area contributed by atoms with E-state index in [1.54, 1.807) is 30.5 Å². The zero-order valence-electron chi connectivity index (χ0n) is 10.9. The SMILES string of the molecule is O=[N+]([O-])c1ccccc1C=NNC(=S)NCc1ccco1. The van der Waals surface area contributed by atoms with Gasteiger partial charge in [-0.15, -0.1) is 0 Å². The lowest BCUT2D eigenvalue weighted by Gasteiger charge is -2.04. The Morgan fingerprint density at radius 2 is 2.19 bits per heavy atom. The summed E-state index contributed by atoms with van der Waals surface area (Å²) >= 11 is 5.02. The van der Waals surface area contributed by atoms with E-state index in [-0.39, 0.29) is 5.69 Å². The van der Waals surface area contributed by atoms with Crippen LogP contribution < -0.4 is 10.7 Å². The van der Waals surface area contributed by atoms with Gasteiger partial charge in [0.05, 0.1) is 29.5 Å². The molecule has 21 heavy (non-hydrogen) atoms. The van der Waals surface area contributed by atoms with Gasteiger partial charge >= 0.3 is 0 Å². The minimum absolute atomic E-state index is 0.0162. The van der Waals surface area contributed by atoms with Crippen LogP contribution in [0.4, 0.5) is 5.69 Å². The van der Waals surface area contributed by atoms with Crippen LogP contribution in [-0.2, 0) is 6.54 Å². The van der Waals surface area contributed by atoms with E-state index in [9.17, 15) is 10.1 Å². The highest BCUT2D eigenvalue weighted by Gasteiger charge is 2.09. The maximum Gasteiger partial charge on any atom is 0.278 e. The van der Waals surface area contributed by atoms with E-state index < -0.39 is 4.92 Å². The van der Waals surface area contributed by atoms with Crippen LogP contribution in [0.25, 0.3) is 0 Å². The molecular weight excluding hydrogens is 292 g/mol. The van der Waals surface area contributed by atoms with Crippen LogP contribution in [0.2, 0.25) is 0 Å². The van der Waals surface area contributed by atoms with Crippen molar-refractivity contribution in [2.75, 3.05) is 0 Å². The Bertz CT molecular complexity index is 655. The molecule has 0 saturated carbocycles. The fourth-order valence-corrected chi connectivity index (χ4v) is 1.67. The maximum absolute atomic E-state index is 10.8. The summed E-state index contributed by atoms with van der Waals surface area (Å²) in [5.41, 5.74) is 2.96. The maximum atomic E-state index is 10.8. The molecule has 0 atom stereocenters. The molecule has 1 heterocycles. The molecule has 2 aromatic rings. The lowest BCUT2D eigenvalue weighted by atomic mass is 10.2. The first-order valence-corrected chi connectivity index (χ1v) is 6.40. The third-order valence-electron chi connectivity index (χ3n) is 2.51. The number of thiocarbonyl (C=S) groups is 1. The molecule has 0 bridgehead atoms. The number of benzene rings is 1. The van der Waals surface area contributed by atoms with Gasteiger partial charge in [-0.2, -0.15) is 5.10 Å². The Hall–Kier alpha value is -2.74. The van der Waals surface area contributed by atoms with E-state index in [4.69, 9.17) is 16.6 Å². The Morgan fingerprint density at radius 3 is 2.90 bits per heavy atom. The van der Waals surface area contributed by atoms with Gasteiger partial charge in [-0.3, -0.25) is 15.5 Å². The largest absolute Gasteiger partial charge is 0.467 e. The smallest absolute Gasteiger partial charge is 0.278 e. The number of hydrogen-bond donors (Lipinski definition) is 2. The molecule has 2 rings (SSSR count). The number of para-hydroxylation sites is 1. The zero-order valence-corrected chi connectivity index (χ0v) is 11.7. The molecule has 0 amide bonds. The first-order chi connectivity index (χ1) is 10.2. The van der Waals surface area contributed by atoms with Gasteiger partial charge in [-0.1, -0.05) is 12.1 Å². The summed E-state index contributed by atoms with van der Waals surface area (Å²) < 4.78 is 5.14. The molecule has 7 nitrogen and oxygen atoms in total. The second kappa shape index (κ2) is 7.15. The summed E-state index contributed by atoms with van der Waals surface area (Å²) in [6, 6.07) is 9.89. The summed E-state index contributed by atoms with van der Waals surface area (Å²) in [6.45, 7) is 0.430. The van der Waals surface area contributed by atoms with Crippen molar-refractivity contribution >= 4 is 29.2 Å². The lowest BCUT2D eigenvalue weighted by Crippen LogP contribution is -2.31. The van der Waals surface area contributed by atoms with Crippen LogP contribution in [0.3, 0.4) is 0 Å². The van der Waals surface area contributed by atoms with Gasteiger partial charge in [0.1, 0.15) is 5.76 Å². The highest BCUT2D eigenvalue weighted by atomic mass is 32.1. The number of nitro benzene ring substituents is 1. The van der Waals surface area contributed by atoms with E-state index in [1.165, 1.54) is 12.3 Å². The second-order valence-corrected chi connectivity index (χ2v) is 4.36. The lowest BCUT2D eigenvalue weighted by molar-refractivity contribution is -0.385. The molecule has 2 N–H and O–H groups in total. The molecule has 8 heteroatoms. The van der Waals surface area contributed by atoms with E-state index in [0.717, 1.165) is 5.76 Å². The Kier molecular flexibility index (Phi) is 4.99. The van der Waals surface area contributed by atoms with Crippen molar-refractivity contribution < 1.29 is 9.34 Å². The predicted molar refractivity (Wildman–Crippen MR) is 82.0 cm³/mol. The molecule has 0 radical (unpaired) electrons. The summed E-state index contributed by atoms with van der Waals surface area (Å²) in [5.74, 6) is 0.738. The third-order valence-corrected chi connectivity index (χ3v) is 2.74.